The highest BCUT2D eigenvalue weighted by Gasteiger charge is 2.30. The first-order valence-electron chi connectivity index (χ1n) is 5.88. The molecule has 92 valence electrons. The molecule has 0 radical (unpaired) electrons. The first-order chi connectivity index (χ1) is 8.22. The van der Waals surface area contributed by atoms with Crippen molar-refractivity contribution in [3.63, 3.8) is 0 Å². The van der Waals surface area contributed by atoms with Crippen LogP contribution in [0.3, 0.4) is 0 Å². The smallest absolute Gasteiger partial charge is 0.164 e. The Bertz CT molecular complexity index is 368. The van der Waals surface area contributed by atoms with Crippen molar-refractivity contribution in [3.05, 3.63) is 11.5 Å². The van der Waals surface area contributed by atoms with Crippen LogP contribution in [-0.2, 0) is 4.74 Å². The zero-order valence-corrected chi connectivity index (χ0v) is 10.9. The Morgan fingerprint density at radius 3 is 3.06 bits per heavy atom. The van der Waals surface area contributed by atoms with Crippen molar-refractivity contribution < 1.29 is 4.74 Å². The number of hydrogen-bond acceptors (Lipinski definition) is 5. The molecule has 2 aliphatic heterocycles. The molecular weight excluding hydrogens is 234 g/mol. The van der Waals surface area contributed by atoms with Gasteiger partial charge in [-0.15, -0.1) is 0 Å². The van der Waals surface area contributed by atoms with Gasteiger partial charge in [-0.3, -0.25) is 4.99 Å². The van der Waals surface area contributed by atoms with E-state index in [1.54, 1.807) is 11.8 Å². The predicted molar refractivity (Wildman–Crippen MR) is 69.8 cm³/mol. The minimum absolute atomic E-state index is 0.182. The Balaban J connectivity index is 2.07. The molecule has 2 rings (SSSR count). The van der Waals surface area contributed by atoms with E-state index in [9.17, 15) is 0 Å². The summed E-state index contributed by atoms with van der Waals surface area (Å²) in [7, 11) is 0. The summed E-state index contributed by atoms with van der Waals surface area (Å²) in [6.45, 7) is 8.33. The van der Waals surface area contributed by atoms with Crippen molar-refractivity contribution in [3.8, 4) is 6.07 Å². The van der Waals surface area contributed by atoms with Gasteiger partial charge in [0.1, 0.15) is 0 Å². The fourth-order valence-corrected chi connectivity index (χ4v) is 3.00. The summed E-state index contributed by atoms with van der Waals surface area (Å²) in [5.41, 5.74) is 0. The average molecular weight is 251 g/mol. The number of hydrogen-bond donors (Lipinski definition) is 0. The van der Waals surface area contributed by atoms with Crippen molar-refractivity contribution in [2.45, 2.75) is 31.8 Å². The van der Waals surface area contributed by atoms with Crippen molar-refractivity contribution in [1.29, 1.82) is 5.26 Å². The van der Waals surface area contributed by atoms with Crippen LogP contribution in [0.15, 0.2) is 16.5 Å². The largest absolute Gasteiger partial charge is 0.379 e. The molecule has 0 aliphatic carbocycles. The second-order valence-electron chi connectivity index (χ2n) is 4.27. The maximum Gasteiger partial charge on any atom is 0.164 e. The number of ether oxygens (including phenoxy) is 1. The molecular formula is C12H17N3OS. The summed E-state index contributed by atoms with van der Waals surface area (Å²) in [4.78, 5) is 7.91. The molecule has 0 amide bonds. The van der Waals surface area contributed by atoms with E-state index >= 15 is 0 Å². The lowest BCUT2D eigenvalue weighted by atomic mass is 10.2. The van der Waals surface area contributed by atoms with Gasteiger partial charge in [-0.1, -0.05) is 18.3 Å². The van der Waals surface area contributed by atoms with E-state index < -0.39 is 0 Å². The van der Waals surface area contributed by atoms with Crippen LogP contribution in [0.4, 0.5) is 0 Å². The molecule has 1 saturated heterocycles. The summed E-state index contributed by atoms with van der Waals surface area (Å²) in [5, 5.41) is 9.74. The fraction of sp³-hybridized carbons (Fsp3) is 0.667. The van der Waals surface area contributed by atoms with Gasteiger partial charge in [0.15, 0.2) is 5.17 Å². The lowest BCUT2D eigenvalue weighted by Gasteiger charge is -2.28. The third kappa shape index (κ3) is 2.82. The maximum absolute atomic E-state index is 8.73. The van der Waals surface area contributed by atoms with E-state index in [0.29, 0.717) is 12.5 Å². The van der Waals surface area contributed by atoms with E-state index in [4.69, 9.17) is 10.00 Å². The summed E-state index contributed by atoms with van der Waals surface area (Å²) in [6, 6.07) is 2.75. The Morgan fingerprint density at radius 2 is 2.53 bits per heavy atom. The van der Waals surface area contributed by atoms with Crippen molar-refractivity contribution in [2.75, 3.05) is 19.8 Å². The molecule has 2 atom stereocenters. The summed E-state index contributed by atoms with van der Waals surface area (Å²) in [5.74, 6) is 0. The van der Waals surface area contributed by atoms with Crippen LogP contribution in [-0.4, -0.2) is 41.9 Å². The van der Waals surface area contributed by atoms with E-state index in [-0.39, 0.29) is 6.04 Å². The highest BCUT2D eigenvalue weighted by Crippen LogP contribution is 2.32. The zero-order chi connectivity index (χ0) is 12.3. The minimum atomic E-state index is 0.182. The molecule has 0 bridgehead atoms. The van der Waals surface area contributed by atoms with Crippen LogP contribution in [0, 0.1) is 11.3 Å². The molecule has 0 N–H and O–H groups in total. The number of thioether (sulfide) groups is 1. The van der Waals surface area contributed by atoms with Crippen molar-refractivity contribution in [2.24, 2.45) is 4.99 Å². The van der Waals surface area contributed by atoms with E-state index in [2.05, 4.69) is 29.5 Å². The number of rotatable bonds is 3. The van der Waals surface area contributed by atoms with Gasteiger partial charge in [0.2, 0.25) is 0 Å². The normalized spacial score (nSPS) is 28.0. The lowest BCUT2D eigenvalue weighted by Crippen LogP contribution is -2.39. The standard InChI is InChI=1S/C12H17N3OS/c1-9-10(2)17-12(14-9)15(6-3-5-13)11-4-7-16-8-11/h9,11H,2-4,6-8H2,1H3. The Hall–Kier alpha value is -0.990. The predicted octanol–water partition coefficient (Wildman–Crippen LogP) is 2.00. The van der Waals surface area contributed by atoms with Crippen LogP contribution in [0.2, 0.25) is 0 Å². The van der Waals surface area contributed by atoms with Gasteiger partial charge in [0.25, 0.3) is 0 Å². The van der Waals surface area contributed by atoms with Gasteiger partial charge in [-0.05, 0) is 13.3 Å². The van der Waals surface area contributed by atoms with E-state index in [1.165, 1.54) is 0 Å². The molecule has 0 spiro atoms. The summed E-state index contributed by atoms with van der Waals surface area (Å²) >= 11 is 1.64. The van der Waals surface area contributed by atoms with Crippen LogP contribution in [0.1, 0.15) is 19.8 Å². The van der Waals surface area contributed by atoms with Crippen LogP contribution < -0.4 is 0 Å². The van der Waals surface area contributed by atoms with Gasteiger partial charge in [0, 0.05) is 18.1 Å². The Kier molecular flexibility index (Phi) is 4.08. The molecule has 0 aromatic heterocycles. The van der Waals surface area contributed by atoms with Crippen LogP contribution in [0.25, 0.3) is 0 Å². The van der Waals surface area contributed by atoms with Gasteiger partial charge in [0.05, 0.1) is 31.2 Å². The molecule has 2 unspecified atom stereocenters. The Labute approximate surface area is 106 Å². The first kappa shape index (κ1) is 12.5. The van der Waals surface area contributed by atoms with Gasteiger partial charge < -0.3 is 9.64 Å². The number of aliphatic imine (C=N–C) groups is 1. The van der Waals surface area contributed by atoms with Gasteiger partial charge in [-0.2, -0.15) is 5.26 Å². The molecule has 1 fully saturated rings. The highest BCUT2D eigenvalue weighted by molar-refractivity contribution is 8.17. The molecule has 2 heterocycles. The highest BCUT2D eigenvalue weighted by atomic mass is 32.2. The van der Waals surface area contributed by atoms with Crippen LogP contribution >= 0.6 is 11.8 Å². The molecule has 0 saturated carbocycles. The molecule has 5 heteroatoms. The first-order valence-corrected chi connectivity index (χ1v) is 6.70. The van der Waals surface area contributed by atoms with E-state index in [0.717, 1.165) is 36.3 Å². The van der Waals surface area contributed by atoms with Crippen molar-refractivity contribution >= 4 is 16.9 Å². The topological polar surface area (TPSA) is 48.6 Å². The number of nitriles is 1. The maximum atomic E-state index is 8.73. The van der Waals surface area contributed by atoms with Gasteiger partial charge in [-0.25, -0.2) is 0 Å². The number of amidine groups is 1. The van der Waals surface area contributed by atoms with Gasteiger partial charge >= 0.3 is 0 Å². The minimum Gasteiger partial charge on any atom is -0.379 e. The third-order valence-corrected chi connectivity index (χ3v) is 4.17. The molecule has 0 aromatic rings. The lowest BCUT2D eigenvalue weighted by molar-refractivity contribution is 0.175. The second kappa shape index (κ2) is 5.56. The van der Waals surface area contributed by atoms with E-state index in [1.807, 2.05) is 0 Å². The molecule has 4 nitrogen and oxygen atoms in total. The molecule has 0 aromatic carbocycles. The number of nitrogens with zero attached hydrogens (tertiary/aromatic N) is 3. The summed E-state index contributed by atoms with van der Waals surface area (Å²) in [6.07, 6.45) is 1.54. The Morgan fingerprint density at radius 1 is 1.71 bits per heavy atom. The fourth-order valence-electron chi connectivity index (χ4n) is 1.97. The second-order valence-corrected chi connectivity index (χ2v) is 5.37. The summed E-state index contributed by atoms with van der Waals surface area (Å²) < 4.78 is 5.42. The molecule has 17 heavy (non-hydrogen) atoms. The SMILES string of the molecule is C=C1SC(N(CCC#N)C2CCOC2)=NC1C. The third-order valence-electron chi connectivity index (χ3n) is 3.05. The zero-order valence-electron chi connectivity index (χ0n) is 10.1. The average Bonchev–Trinajstić information content (AvgIpc) is 2.92. The quantitative estimate of drug-likeness (QED) is 0.769. The molecule has 2 aliphatic rings. The van der Waals surface area contributed by atoms with Crippen molar-refractivity contribution in [1.82, 2.24) is 4.90 Å². The monoisotopic (exact) mass is 251 g/mol. The van der Waals surface area contributed by atoms with Crippen LogP contribution in [0.5, 0.6) is 0 Å².